The third kappa shape index (κ3) is 5.32. The molecular formula is C22H29N5O6S. The minimum atomic E-state index is -3.08. The Bertz CT molecular complexity index is 1170. The molecular weight excluding hydrogens is 462 g/mol. The van der Waals surface area contributed by atoms with Crippen LogP contribution in [0.3, 0.4) is 0 Å². The van der Waals surface area contributed by atoms with E-state index in [2.05, 4.69) is 15.0 Å². The molecule has 2 aliphatic heterocycles. The lowest BCUT2D eigenvalue weighted by atomic mass is 10.1. The molecule has 2 aromatic rings. The molecule has 1 atom stereocenters. The number of ether oxygens (including phenoxy) is 2. The molecule has 0 aromatic carbocycles. The molecule has 0 aliphatic carbocycles. The molecule has 0 radical (unpaired) electrons. The third-order valence-corrected chi connectivity index (χ3v) is 7.88. The van der Waals surface area contributed by atoms with Gasteiger partial charge < -0.3 is 24.4 Å². The molecule has 2 saturated heterocycles. The summed E-state index contributed by atoms with van der Waals surface area (Å²) in [6.07, 6.45) is 3.38. The summed E-state index contributed by atoms with van der Waals surface area (Å²) < 4.78 is 35.7. The Morgan fingerprint density at radius 3 is 2.41 bits per heavy atom. The predicted molar refractivity (Wildman–Crippen MR) is 125 cm³/mol. The Hall–Kier alpha value is -3.15. The van der Waals surface area contributed by atoms with Crippen LogP contribution in [0.2, 0.25) is 0 Å². The molecule has 1 unspecified atom stereocenters. The van der Waals surface area contributed by atoms with Crippen LogP contribution in [0.4, 0.5) is 10.6 Å². The van der Waals surface area contributed by atoms with Gasteiger partial charge in [0.05, 0.1) is 16.5 Å². The Kier molecular flexibility index (Phi) is 6.78. The zero-order valence-corrected chi connectivity index (χ0v) is 20.3. The van der Waals surface area contributed by atoms with Gasteiger partial charge in [-0.3, -0.25) is 0 Å². The minimum Gasteiger partial charge on any atom is -0.474 e. The first-order valence-corrected chi connectivity index (χ1v) is 13.1. The second kappa shape index (κ2) is 9.61. The van der Waals surface area contributed by atoms with Crippen LogP contribution in [0, 0.1) is 13.8 Å². The van der Waals surface area contributed by atoms with Crippen molar-refractivity contribution >= 4 is 21.7 Å². The molecule has 0 bridgehead atoms. The number of aromatic nitrogens is 3. The number of pyridine rings is 1. The first kappa shape index (κ1) is 24.0. The second-order valence-electron chi connectivity index (χ2n) is 8.74. The molecule has 2 aromatic heterocycles. The number of amides is 1. The number of piperidine rings is 1. The predicted octanol–water partition coefficient (Wildman–Crippen LogP) is 2.43. The number of aryl methyl sites for hydroxylation is 1. The number of carboxylic acid groups (broad SMARTS) is 1. The molecule has 0 saturated carbocycles. The summed E-state index contributed by atoms with van der Waals surface area (Å²) in [7, 11) is -3.08. The van der Waals surface area contributed by atoms with Crippen LogP contribution in [-0.4, -0.2) is 83.3 Å². The molecule has 1 N–H and O–H groups in total. The summed E-state index contributed by atoms with van der Waals surface area (Å²) in [5.41, 5.74) is 1.30. The van der Waals surface area contributed by atoms with Crippen LogP contribution in [-0.2, 0) is 9.84 Å². The van der Waals surface area contributed by atoms with Gasteiger partial charge in [-0.25, -0.2) is 28.2 Å². The van der Waals surface area contributed by atoms with E-state index in [0.717, 1.165) is 0 Å². The van der Waals surface area contributed by atoms with Crippen LogP contribution in [0.5, 0.6) is 17.5 Å². The van der Waals surface area contributed by atoms with Crippen molar-refractivity contribution in [3.63, 3.8) is 0 Å². The van der Waals surface area contributed by atoms with Crippen molar-refractivity contribution < 1.29 is 27.8 Å². The van der Waals surface area contributed by atoms with Crippen molar-refractivity contribution in [1.82, 2.24) is 19.9 Å². The zero-order valence-electron chi connectivity index (χ0n) is 19.5. The normalized spacial score (nSPS) is 19.3. The van der Waals surface area contributed by atoms with Crippen LogP contribution in [0.1, 0.15) is 30.5 Å². The van der Waals surface area contributed by atoms with E-state index in [9.17, 15) is 13.2 Å². The van der Waals surface area contributed by atoms with E-state index in [0.29, 0.717) is 80.0 Å². The highest BCUT2D eigenvalue weighted by Crippen LogP contribution is 2.32. The summed E-state index contributed by atoms with van der Waals surface area (Å²) in [6.45, 7) is 5.56. The van der Waals surface area contributed by atoms with Gasteiger partial charge >= 0.3 is 6.09 Å². The fraction of sp³-hybridized carbons (Fsp3) is 0.545. The van der Waals surface area contributed by atoms with E-state index in [-0.39, 0.29) is 11.4 Å². The largest absolute Gasteiger partial charge is 0.474 e. The summed E-state index contributed by atoms with van der Waals surface area (Å²) >= 11 is 0. The lowest BCUT2D eigenvalue weighted by Crippen LogP contribution is -2.41. The smallest absolute Gasteiger partial charge is 0.407 e. The Morgan fingerprint density at radius 2 is 1.79 bits per heavy atom. The topological polar surface area (TPSA) is 135 Å². The highest BCUT2D eigenvalue weighted by atomic mass is 32.2. The van der Waals surface area contributed by atoms with Crippen molar-refractivity contribution in [3.8, 4) is 17.5 Å². The van der Waals surface area contributed by atoms with Gasteiger partial charge in [0.15, 0.2) is 15.6 Å². The molecule has 12 heteroatoms. The first-order valence-electron chi connectivity index (χ1n) is 11.2. The standard InChI is InChI=1S/C22H29N5O6S/c1-14-20(32-16-6-9-26(10-7-16)22(28)29)23-13-24-21(14)33-18-4-5-19(25-15(18)2)27-11-8-17(12-27)34(3,30)31/h4-5,13,16-17H,6-12H2,1-3H3,(H,28,29). The molecule has 184 valence electrons. The van der Waals surface area contributed by atoms with Crippen molar-refractivity contribution in [2.24, 2.45) is 0 Å². The average Bonchev–Trinajstić information content (AvgIpc) is 3.29. The Balaban J connectivity index is 1.43. The lowest BCUT2D eigenvalue weighted by molar-refractivity contribution is 0.0864. The molecule has 1 amide bonds. The molecule has 0 spiro atoms. The van der Waals surface area contributed by atoms with E-state index >= 15 is 0 Å². The summed E-state index contributed by atoms with van der Waals surface area (Å²) in [5, 5.41) is 8.72. The Labute approximate surface area is 198 Å². The van der Waals surface area contributed by atoms with E-state index in [1.165, 1.54) is 17.5 Å². The van der Waals surface area contributed by atoms with Crippen LogP contribution >= 0.6 is 0 Å². The SMILES string of the molecule is Cc1nc(N2CCC(S(C)(=O)=O)C2)ccc1Oc1ncnc(OC2CCN(C(=O)O)CC2)c1C. The summed E-state index contributed by atoms with van der Waals surface area (Å²) in [6, 6.07) is 3.62. The van der Waals surface area contributed by atoms with E-state index in [1.54, 1.807) is 6.07 Å². The van der Waals surface area contributed by atoms with E-state index < -0.39 is 15.9 Å². The first-order chi connectivity index (χ1) is 16.1. The lowest BCUT2D eigenvalue weighted by Gasteiger charge is -2.30. The van der Waals surface area contributed by atoms with Gasteiger partial charge in [0.25, 0.3) is 0 Å². The van der Waals surface area contributed by atoms with Gasteiger partial charge in [0.1, 0.15) is 18.2 Å². The fourth-order valence-corrected chi connectivity index (χ4v) is 5.16. The quantitative estimate of drug-likeness (QED) is 0.642. The fourth-order valence-electron chi connectivity index (χ4n) is 4.17. The summed E-state index contributed by atoms with van der Waals surface area (Å²) in [4.78, 5) is 27.5. The Morgan fingerprint density at radius 1 is 1.09 bits per heavy atom. The maximum absolute atomic E-state index is 11.8. The van der Waals surface area contributed by atoms with Gasteiger partial charge in [0.2, 0.25) is 11.8 Å². The van der Waals surface area contributed by atoms with Crippen LogP contribution in [0.25, 0.3) is 0 Å². The van der Waals surface area contributed by atoms with Gasteiger partial charge in [-0.1, -0.05) is 0 Å². The van der Waals surface area contributed by atoms with Crippen molar-refractivity contribution in [2.75, 3.05) is 37.3 Å². The molecule has 4 rings (SSSR count). The number of hydrogen-bond donors (Lipinski definition) is 1. The number of sulfone groups is 1. The number of rotatable bonds is 6. The van der Waals surface area contributed by atoms with Crippen molar-refractivity contribution in [3.05, 3.63) is 29.7 Å². The van der Waals surface area contributed by atoms with Crippen molar-refractivity contribution in [2.45, 2.75) is 44.5 Å². The monoisotopic (exact) mass is 491 g/mol. The molecule has 34 heavy (non-hydrogen) atoms. The van der Waals surface area contributed by atoms with Gasteiger partial charge in [0, 0.05) is 45.3 Å². The van der Waals surface area contributed by atoms with Crippen LogP contribution in [0.15, 0.2) is 18.5 Å². The maximum Gasteiger partial charge on any atom is 0.407 e. The number of hydrogen-bond acceptors (Lipinski definition) is 9. The number of carbonyl (C=O) groups is 1. The minimum absolute atomic E-state index is 0.129. The zero-order chi connectivity index (χ0) is 24.5. The van der Waals surface area contributed by atoms with E-state index in [4.69, 9.17) is 14.6 Å². The number of anilines is 1. The molecule has 4 heterocycles. The van der Waals surface area contributed by atoms with E-state index in [1.807, 2.05) is 24.8 Å². The maximum atomic E-state index is 11.8. The second-order valence-corrected chi connectivity index (χ2v) is 11.1. The number of likely N-dealkylation sites (tertiary alicyclic amines) is 1. The third-order valence-electron chi connectivity index (χ3n) is 6.29. The molecule has 2 aliphatic rings. The molecule has 2 fully saturated rings. The molecule has 11 nitrogen and oxygen atoms in total. The highest BCUT2D eigenvalue weighted by Gasteiger charge is 2.31. The number of nitrogens with zero attached hydrogens (tertiary/aromatic N) is 5. The van der Waals surface area contributed by atoms with Gasteiger partial charge in [-0.2, -0.15) is 0 Å². The highest BCUT2D eigenvalue weighted by molar-refractivity contribution is 7.91. The van der Waals surface area contributed by atoms with Crippen molar-refractivity contribution in [1.29, 1.82) is 0 Å². The van der Waals surface area contributed by atoms with Gasteiger partial charge in [-0.05, 0) is 32.4 Å². The van der Waals surface area contributed by atoms with Gasteiger partial charge in [-0.15, -0.1) is 0 Å². The average molecular weight is 492 g/mol. The summed E-state index contributed by atoms with van der Waals surface area (Å²) in [5.74, 6) is 2.01. The van der Waals surface area contributed by atoms with Crippen LogP contribution < -0.4 is 14.4 Å².